The molecular weight excluding hydrogens is 936 g/mol. The largest absolute Gasteiger partial charge is 0.416 e. The molecule has 2 saturated heterocycles. The number of pyridine rings is 1. The SMILES string of the molecule is C.CC(F)(F)c1cc(CO[C@H]2CCCN[C@H]2c2ccccc2)cc(C(F)(F)F)c1.Cc1ccccc1-c1cc(N2CCN(C)CC2)ncc1N(C)C(=O)C(C)(C)c1cc(C(F)(F)F)cc(C(F)(F)F)c1. The number of alkyl halides is 11. The van der Waals surface area contributed by atoms with Crippen LogP contribution in [0, 0.1) is 6.92 Å². The van der Waals surface area contributed by atoms with Crippen LogP contribution in [0.3, 0.4) is 0 Å². The number of likely N-dealkylation sites (N-methyl/N-ethyl adjacent to an activating group) is 2. The van der Waals surface area contributed by atoms with Crippen LogP contribution in [0.1, 0.15) is 91.6 Å². The van der Waals surface area contributed by atoms with Crippen molar-refractivity contribution in [3.05, 3.63) is 148 Å². The third-order valence-corrected chi connectivity index (χ3v) is 12.5. The number of nitrogens with zero attached hydrogens (tertiary/aromatic N) is 4. The standard InChI is InChI=1S/C30H32F6N4O.C21H22F5NO.CH4/c1-19-8-6-7-9-23(19)24-17-26(40-12-10-38(4)11-13-40)37-18-25(24)39(5)27(41)28(2,3)20-14-21(29(31,32)33)16-22(15-20)30(34,35)36;1-20(22,23)16-10-14(11-17(12-16)21(24,25)26)13-28-18-8-5-9-27-19(18)15-6-3-2-4-7-15;/h6-9,14-18H,10-13H2,1-5H3;2-4,6-7,10-12,18-19,27H,5,8-9,13H2,1H3;1H4/t;18-,19-;/m.0./s1. The molecule has 2 atom stereocenters. The number of hydrogen-bond donors (Lipinski definition) is 1. The van der Waals surface area contributed by atoms with E-state index in [1.165, 1.54) is 32.0 Å². The number of nitrogens with one attached hydrogen (secondary N) is 1. The van der Waals surface area contributed by atoms with E-state index in [4.69, 9.17) is 4.74 Å². The summed E-state index contributed by atoms with van der Waals surface area (Å²) >= 11 is 0. The van der Waals surface area contributed by atoms with Gasteiger partial charge in [-0.2, -0.15) is 39.5 Å². The molecule has 1 amide bonds. The van der Waals surface area contributed by atoms with Gasteiger partial charge in [0, 0.05) is 51.3 Å². The average molecular weight is 994 g/mol. The Morgan fingerprint density at radius 3 is 1.81 bits per heavy atom. The van der Waals surface area contributed by atoms with Crippen molar-refractivity contribution < 1.29 is 57.8 Å². The van der Waals surface area contributed by atoms with Crippen LogP contribution in [0.25, 0.3) is 11.1 Å². The van der Waals surface area contributed by atoms with Crippen LogP contribution in [-0.2, 0) is 46.0 Å². The van der Waals surface area contributed by atoms with Crippen LogP contribution < -0.4 is 15.1 Å². The summed E-state index contributed by atoms with van der Waals surface area (Å²) in [6.45, 7) is 9.02. The maximum atomic E-state index is 13.9. The number of aryl methyl sites for hydroxylation is 1. The second kappa shape index (κ2) is 21.8. The summed E-state index contributed by atoms with van der Waals surface area (Å²) in [4.78, 5) is 24.1. The van der Waals surface area contributed by atoms with Gasteiger partial charge in [-0.05, 0) is 117 Å². The van der Waals surface area contributed by atoms with E-state index < -0.39 is 63.6 Å². The number of carbonyl (C=O) groups is 1. The van der Waals surface area contributed by atoms with Gasteiger partial charge in [0.05, 0.1) is 52.7 Å². The molecular formula is C52H58F11N5O2. The van der Waals surface area contributed by atoms with Gasteiger partial charge in [0.15, 0.2) is 0 Å². The Morgan fingerprint density at radius 1 is 0.714 bits per heavy atom. The highest BCUT2D eigenvalue weighted by Crippen LogP contribution is 2.42. The average Bonchev–Trinajstić information content (AvgIpc) is 3.30. The lowest BCUT2D eigenvalue weighted by Crippen LogP contribution is -2.45. The van der Waals surface area contributed by atoms with Crippen LogP contribution in [0.4, 0.5) is 59.8 Å². The summed E-state index contributed by atoms with van der Waals surface area (Å²) in [5.41, 5.74) is -2.89. The smallest absolute Gasteiger partial charge is 0.372 e. The van der Waals surface area contributed by atoms with E-state index in [9.17, 15) is 53.1 Å². The number of halogens is 11. The number of piperidine rings is 1. The monoisotopic (exact) mass is 993 g/mol. The molecule has 380 valence electrons. The topological polar surface area (TPSA) is 60.9 Å². The van der Waals surface area contributed by atoms with E-state index in [1.54, 1.807) is 0 Å². The molecule has 2 fully saturated rings. The van der Waals surface area contributed by atoms with Crippen molar-refractivity contribution in [2.24, 2.45) is 0 Å². The minimum Gasteiger partial charge on any atom is -0.372 e. The van der Waals surface area contributed by atoms with Crippen molar-refractivity contribution in [2.45, 2.75) is 96.6 Å². The maximum Gasteiger partial charge on any atom is 0.416 e. The molecule has 0 saturated carbocycles. The Hall–Kier alpha value is -5.59. The first kappa shape index (κ1) is 55.3. The van der Waals surface area contributed by atoms with E-state index in [0.717, 1.165) is 74.4 Å². The van der Waals surface area contributed by atoms with Crippen molar-refractivity contribution >= 4 is 17.4 Å². The number of anilines is 2. The lowest BCUT2D eigenvalue weighted by atomic mass is 9.81. The maximum absolute atomic E-state index is 13.9. The van der Waals surface area contributed by atoms with E-state index >= 15 is 0 Å². The Morgan fingerprint density at radius 2 is 1.24 bits per heavy atom. The molecule has 0 spiro atoms. The van der Waals surface area contributed by atoms with Crippen LogP contribution in [0.5, 0.6) is 0 Å². The van der Waals surface area contributed by atoms with Gasteiger partial charge in [-0.3, -0.25) is 4.79 Å². The Balaban J connectivity index is 0.000000275. The zero-order valence-corrected chi connectivity index (χ0v) is 38.9. The molecule has 2 aliphatic rings. The number of benzene rings is 4. The number of piperazine rings is 1. The van der Waals surface area contributed by atoms with Gasteiger partial charge >= 0.3 is 18.5 Å². The Bertz CT molecular complexity index is 2490. The second-order valence-corrected chi connectivity index (χ2v) is 18.1. The summed E-state index contributed by atoms with van der Waals surface area (Å²) in [5.74, 6) is -3.34. The minimum atomic E-state index is -5.03. The third-order valence-electron chi connectivity index (χ3n) is 12.5. The fourth-order valence-electron chi connectivity index (χ4n) is 8.40. The lowest BCUT2D eigenvalue weighted by Gasteiger charge is -2.35. The molecule has 70 heavy (non-hydrogen) atoms. The summed E-state index contributed by atoms with van der Waals surface area (Å²) in [6.07, 6.45) is -11.9. The molecule has 1 aromatic heterocycles. The first-order chi connectivity index (χ1) is 32.1. The van der Waals surface area contributed by atoms with E-state index in [1.807, 2.05) is 74.6 Å². The normalized spacial score (nSPS) is 17.3. The molecule has 2 aliphatic heterocycles. The summed E-state index contributed by atoms with van der Waals surface area (Å²) in [6, 6.07) is 22.7. The molecule has 0 unspecified atom stereocenters. The molecule has 7 nitrogen and oxygen atoms in total. The Kier molecular flexibility index (Phi) is 17.2. The van der Waals surface area contributed by atoms with Crippen molar-refractivity contribution in [1.29, 1.82) is 0 Å². The highest BCUT2D eigenvalue weighted by atomic mass is 19.4. The van der Waals surface area contributed by atoms with Gasteiger partial charge in [-0.15, -0.1) is 0 Å². The number of hydrogen-bond acceptors (Lipinski definition) is 6. The van der Waals surface area contributed by atoms with E-state index in [-0.39, 0.29) is 37.8 Å². The minimum absolute atomic E-state index is 0. The molecule has 0 aliphatic carbocycles. The van der Waals surface area contributed by atoms with Gasteiger partial charge < -0.3 is 24.8 Å². The molecule has 18 heteroatoms. The summed E-state index contributed by atoms with van der Waals surface area (Å²) in [5, 5.41) is 3.37. The number of aromatic nitrogens is 1. The first-order valence-corrected chi connectivity index (χ1v) is 22.2. The predicted octanol–water partition coefficient (Wildman–Crippen LogP) is 13.3. The van der Waals surface area contributed by atoms with Gasteiger partial charge in [-0.25, -0.2) is 13.8 Å². The second-order valence-electron chi connectivity index (χ2n) is 18.1. The molecule has 4 aromatic carbocycles. The number of ether oxygens (including phenoxy) is 1. The van der Waals surface area contributed by atoms with Gasteiger partial charge in [0.1, 0.15) is 5.82 Å². The molecule has 7 rings (SSSR count). The molecule has 0 bridgehead atoms. The third kappa shape index (κ3) is 13.4. The van der Waals surface area contributed by atoms with E-state index in [0.29, 0.717) is 42.2 Å². The van der Waals surface area contributed by atoms with Crippen LogP contribution >= 0.6 is 0 Å². The van der Waals surface area contributed by atoms with E-state index in [2.05, 4.69) is 20.1 Å². The number of amides is 1. The Labute approximate surface area is 401 Å². The van der Waals surface area contributed by atoms with Crippen LogP contribution in [-0.4, -0.2) is 68.7 Å². The molecule has 3 heterocycles. The zero-order valence-electron chi connectivity index (χ0n) is 38.9. The van der Waals surface area contributed by atoms with Crippen LogP contribution in [0.2, 0.25) is 0 Å². The van der Waals surface area contributed by atoms with Crippen molar-refractivity contribution in [1.82, 2.24) is 15.2 Å². The number of rotatable bonds is 10. The molecule has 1 N–H and O–H groups in total. The lowest BCUT2D eigenvalue weighted by molar-refractivity contribution is -0.143. The number of carbonyl (C=O) groups excluding carboxylic acids is 1. The predicted molar refractivity (Wildman–Crippen MR) is 250 cm³/mol. The fourth-order valence-corrected chi connectivity index (χ4v) is 8.40. The van der Waals surface area contributed by atoms with Gasteiger partial charge in [0.25, 0.3) is 5.92 Å². The molecule has 5 aromatic rings. The quantitative estimate of drug-likeness (QED) is 0.141. The van der Waals surface area contributed by atoms with Crippen LogP contribution in [0.15, 0.2) is 103 Å². The summed E-state index contributed by atoms with van der Waals surface area (Å²) < 4.78 is 154. The van der Waals surface area contributed by atoms with Crippen molar-refractivity contribution in [3.63, 3.8) is 0 Å². The van der Waals surface area contributed by atoms with Crippen molar-refractivity contribution in [3.8, 4) is 11.1 Å². The highest BCUT2D eigenvalue weighted by Gasteiger charge is 2.42. The van der Waals surface area contributed by atoms with Gasteiger partial charge in [-0.1, -0.05) is 62.0 Å². The fraction of sp³-hybridized carbons (Fsp3) is 0.423. The summed E-state index contributed by atoms with van der Waals surface area (Å²) in [7, 11) is 3.49. The first-order valence-electron chi connectivity index (χ1n) is 22.2. The van der Waals surface area contributed by atoms with Gasteiger partial charge in [0.2, 0.25) is 5.91 Å². The zero-order chi connectivity index (χ0) is 50.7. The molecule has 0 radical (unpaired) electrons. The highest BCUT2D eigenvalue weighted by molar-refractivity contribution is 6.03. The van der Waals surface area contributed by atoms with Crippen molar-refractivity contribution in [2.75, 3.05) is 56.6 Å².